The number of fused-ring (bicyclic) bond motifs is 1. The van der Waals surface area contributed by atoms with E-state index in [0.29, 0.717) is 11.8 Å². The second kappa shape index (κ2) is 6.60. The average molecular weight is 375 g/mol. The molecule has 1 unspecified atom stereocenters. The molecule has 1 aromatic carbocycles. The Labute approximate surface area is 150 Å². The molecule has 0 aliphatic carbocycles. The maximum atomic E-state index is 14.4. The van der Waals surface area contributed by atoms with Crippen LogP contribution in [0.15, 0.2) is 46.3 Å². The van der Waals surface area contributed by atoms with E-state index in [-0.39, 0.29) is 28.5 Å². The maximum Gasteiger partial charge on any atom is 0.252 e. The molecule has 0 N–H and O–H groups in total. The van der Waals surface area contributed by atoms with Gasteiger partial charge in [0.15, 0.2) is 0 Å². The molecule has 6 nitrogen and oxygen atoms in total. The highest BCUT2D eigenvalue weighted by Gasteiger charge is 2.21. The van der Waals surface area contributed by atoms with Crippen LogP contribution in [0.2, 0.25) is 0 Å². The van der Waals surface area contributed by atoms with Crippen LogP contribution in [0.5, 0.6) is 0 Å². The molecular weight excluding hydrogens is 357 g/mol. The summed E-state index contributed by atoms with van der Waals surface area (Å²) in [4.78, 5) is 20.6. The molecule has 3 rings (SSSR count). The fourth-order valence-electron chi connectivity index (χ4n) is 2.75. The van der Waals surface area contributed by atoms with Gasteiger partial charge in [0, 0.05) is 29.3 Å². The first-order valence-electron chi connectivity index (χ1n) is 8.12. The van der Waals surface area contributed by atoms with Crippen LogP contribution in [0.4, 0.5) is 4.39 Å². The minimum Gasteiger partial charge on any atom is -0.290 e. The van der Waals surface area contributed by atoms with Gasteiger partial charge in [-0.3, -0.25) is 9.36 Å². The minimum absolute atomic E-state index is 0.144. The Hall–Kier alpha value is -2.61. The zero-order valence-corrected chi connectivity index (χ0v) is 15.4. The van der Waals surface area contributed by atoms with Crippen molar-refractivity contribution in [2.75, 3.05) is 6.26 Å². The van der Waals surface area contributed by atoms with Gasteiger partial charge in [-0.1, -0.05) is 19.1 Å². The molecule has 26 heavy (non-hydrogen) atoms. The number of hydrogen-bond donors (Lipinski definition) is 0. The third-order valence-electron chi connectivity index (χ3n) is 4.26. The van der Waals surface area contributed by atoms with Crippen LogP contribution in [-0.2, 0) is 9.84 Å². The van der Waals surface area contributed by atoms with E-state index >= 15 is 0 Å². The molecule has 0 radical (unpaired) electrons. The molecule has 0 aliphatic heterocycles. The van der Waals surface area contributed by atoms with E-state index in [9.17, 15) is 17.6 Å². The fourth-order valence-corrected chi connectivity index (χ4v) is 3.26. The van der Waals surface area contributed by atoms with Crippen molar-refractivity contribution in [3.63, 3.8) is 0 Å². The largest absolute Gasteiger partial charge is 0.290 e. The summed E-state index contributed by atoms with van der Waals surface area (Å²) in [5.41, 5.74) is 0.176. The Morgan fingerprint density at radius 3 is 2.46 bits per heavy atom. The van der Waals surface area contributed by atoms with Crippen LogP contribution in [-0.4, -0.2) is 29.2 Å². The Balaban J connectivity index is 2.53. The number of pyridine rings is 1. The second-order valence-electron chi connectivity index (χ2n) is 6.14. The lowest BCUT2D eigenvalue weighted by Gasteiger charge is -2.17. The third kappa shape index (κ3) is 3.12. The summed E-state index contributed by atoms with van der Waals surface area (Å²) in [6.45, 7) is 3.75. The van der Waals surface area contributed by atoms with Gasteiger partial charge in [-0.25, -0.2) is 17.8 Å². The predicted octanol–water partition coefficient (Wildman–Crippen LogP) is 2.97. The van der Waals surface area contributed by atoms with Gasteiger partial charge >= 0.3 is 0 Å². The van der Waals surface area contributed by atoms with E-state index < -0.39 is 20.8 Å². The van der Waals surface area contributed by atoms with Crippen LogP contribution >= 0.6 is 0 Å². The smallest absolute Gasteiger partial charge is 0.252 e. The predicted molar refractivity (Wildman–Crippen MR) is 97.3 cm³/mol. The lowest BCUT2D eigenvalue weighted by molar-refractivity contribution is 0.525. The summed E-state index contributed by atoms with van der Waals surface area (Å²) in [6, 6.07) is 8.62. The summed E-state index contributed by atoms with van der Waals surface area (Å²) in [7, 11) is -3.76. The molecule has 0 saturated heterocycles. The first-order valence-corrected chi connectivity index (χ1v) is 10.0. The van der Waals surface area contributed by atoms with E-state index in [4.69, 9.17) is 0 Å². The van der Waals surface area contributed by atoms with E-state index in [1.165, 1.54) is 34.9 Å². The highest BCUT2D eigenvalue weighted by molar-refractivity contribution is 7.90. The highest BCUT2D eigenvalue weighted by Crippen LogP contribution is 2.29. The van der Waals surface area contributed by atoms with Gasteiger partial charge in [-0.05, 0) is 31.5 Å². The van der Waals surface area contributed by atoms with Gasteiger partial charge in [0.05, 0.1) is 5.69 Å². The monoisotopic (exact) mass is 375 g/mol. The summed E-state index contributed by atoms with van der Waals surface area (Å²) < 4.78 is 39.9. The van der Waals surface area contributed by atoms with Crippen molar-refractivity contribution in [1.82, 2.24) is 14.5 Å². The molecule has 0 aliphatic rings. The molecule has 2 aromatic heterocycles. The minimum atomic E-state index is -3.76. The first-order chi connectivity index (χ1) is 12.2. The van der Waals surface area contributed by atoms with Gasteiger partial charge < -0.3 is 0 Å². The Bertz CT molecular complexity index is 1160. The second-order valence-corrected chi connectivity index (χ2v) is 8.05. The molecule has 0 bridgehead atoms. The topological polar surface area (TPSA) is 81.9 Å². The van der Waals surface area contributed by atoms with E-state index in [2.05, 4.69) is 9.97 Å². The van der Waals surface area contributed by atoms with E-state index in [0.717, 1.165) is 6.26 Å². The van der Waals surface area contributed by atoms with Crippen molar-refractivity contribution in [3.8, 4) is 11.3 Å². The molecule has 1 atom stereocenters. The van der Waals surface area contributed by atoms with Crippen LogP contribution in [0.3, 0.4) is 0 Å². The standard InChI is InChI=1S/C18H18FN3O3S/c1-4-11(2)22-15(23)10-9-13-16(12-7-5-6-8-14(12)19)20-18(21-17(13)22)26(3,24)25/h5-11H,4H2,1-3H3. The third-order valence-corrected chi connectivity index (χ3v) is 5.10. The molecule has 136 valence electrons. The number of halogens is 1. The molecule has 0 amide bonds. The van der Waals surface area contributed by atoms with Crippen molar-refractivity contribution in [3.05, 3.63) is 52.6 Å². The molecule has 0 saturated carbocycles. The summed E-state index contributed by atoms with van der Waals surface area (Å²) >= 11 is 0. The van der Waals surface area contributed by atoms with E-state index in [1.54, 1.807) is 6.07 Å². The molecule has 0 spiro atoms. The fraction of sp³-hybridized carbons (Fsp3) is 0.278. The SMILES string of the molecule is CCC(C)n1c(=O)ccc2c(-c3ccccc3F)nc(S(C)(=O)=O)nc21. The van der Waals surface area contributed by atoms with E-state index in [1.807, 2.05) is 13.8 Å². The lowest BCUT2D eigenvalue weighted by Crippen LogP contribution is -2.24. The van der Waals surface area contributed by atoms with Gasteiger partial charge in [-0.2, -0.15) is 4.98 Å². The molecule has 3 aromatic rings. The number of aromatic nitrogens is 3. The summed E-state index contributed by atoms with van der Waals surface area (Å²) in [5, 5.41) is -0.0201. The summed E-state index contributed by atoms with van der Waals surface area (Å²) in [6.07, 6.45) is 1.63. The molecule has 2 heterocycles. The van der Waals surface area contributed by atoms with Crippen LogP contribution < -0.4 is 5.56 Å². The Morgan fingerprint density at radius 2 is 1.85 bits per heavy atom. The van der Waals surface area contributed by atoms with Crippen LogP contribution in [0.1, 0.15) is 26.3 Å². The maximum absolute atomic E-state index is 14.4. The Kier molecular flexibility index (Phi) is 4.62. The molecule has 0 fully saturated rings. The van der Waals surface area contributed by atoms with Gasteiger partial charge in [0.2, 0.25) is 15.0 Å². The van der Waals surface area contributed by atoms with Crippen LogP contribution in [0.25, 0.3) is 22.3 Å². The van der Waals surface area contributed by atoms with Crippen LogP contribution in [0, 0.1) is 5.82 Å². The first kappa shape index (κ1) is 18.2. The van der Waals surface area contributed by atoms with Crippen molar-refractivity contribution in [2.45, 2.75) is 31.5 Å². The van der Waals surface area contributed by atoms with Crippen molar-refractivity contribution in [1.29, 1.82) is 0 Å². The van der Waals surface area contributed by atoms with Gasteiger partial charge in [0.1, 0.15) is 11.5 Å². The molecule has 8 heteroatoms. The number of hydrogen-bond acceptors (Lipinski definition) is 5. The number of sulfone groups is 1. The van der Waals surface area contributed by atoms with Crippen molar-refractivity contribution < 1.29 is 12.8 Å². The quantitative estimate of drug-likeness (QED) is 0.655. The normalized spacial score (nSPS) is 13.1. The number of nitrogens with zero attached hydrogens (tertiary/aromatic N) is 3. The Morgan fingerprint density at radius 1 is 1.15 bits per heavy atom. The molecular formula is C18H18FN3O3S. The summed E-state index contributed by atoms with van der Waals surface area (Å²) in [5.74, 6) is -0.534. The van der Waals surface area contributed by atoms with Gasteiger partial charge in [0.25, 0.3) is 5.56 Å². The number of rotatable bonds is 4. The van der Waals surface area contributed by atoms with Crippen molar-refractivity contribution in [2.24, 2.45) is 0 Å². The van der Waals surface area contributed by atoms with Crippen molar-refractivity contribution >= 4 is 20.9 Å². The number of benzene rings is 1. The van der Waals surface area contributed by atoms with Gasteiger partial charge in [-0.15, -0.1) is 0 Å². The zero-order valence-electron chi connectivity index (χ0n) is 14.6. The lowest BCUT2D eigenvalue weighted by atomic mass is 10.1. The average Bonchev–Trinajstić information content (AvgIpc) is 2.59. The highest BCUT2D eigenvalue weighted by atomic mass is 32.2. The zero-order chi connectivity index (χ0) is 19.1.